The van der Waals surface area contributed by atoms with Gasteiger partial charge < -0.3 is 15.0 Å². The number of benzene rings is 4. The first-order valence-electron chi connectivity index (χ1n) is 13.0. The second-order valence-electron chi connectivity index (χ2n) is 9.78. The zero-order chi connectivity index (χ0) is 28.3. The number of para-hydroxylation sites is 1. The SMILES string of the molecule is Cc1cccc(N2CCN(S(=O)(=O)c3cc(C(=O)Nc4ccc(Oc5ccccc5)cc4)ccc3F)CC2C)c1. The fraction of sp³-hybridized carbons (Fsp3) is 0.194. The molecule has 40 heavy (non-hydrogen) atoms. The van der Waals surface area contributed by atoms with Crippen LogP contribution in [0.5, 0.6) is 11.5 Å². The first kappa shape index (κ1) is 27.4. The molecule has 7 nitrogen and oxygen atoms in total. The number of sulfonamides is 1. The van der Waals surface area contributed by atoms with Crippen LogP contribution in [0, 0.1) is 12.7 Å². The number of halogens is 1. The van der Waals surface area contributed by atoms with E-state index in [4.69, 9.17) is 4.74 Å². The van der Waals surface area contributed by atoms with Crippen molar-refractivity contribution in [3.8, 4) is 11.5 Å². The highest BCUT2D eigenvalue weighted by Gasteiger charge is 2.34. The highest BCUT2D eigenvalue weighted by atomic mass is 32.2. The van der Waals surface area contributed by atoms with Crippen LogP contribution in [0.2, 0.25) is 0 Å². The Balaban J connectivity index is 1.28. The van der Waals surface area contributed by atoms with Crippen molar-refractivity contribution >= 4 is 27.3 Å². The maximum absolute atomic E-state index is 14.9. The third kappa shape index (κ3) is 6.00. The van der Waals surface area contributed by atoms with Gasteiger partial charge in [0.25, 0.3) is 5.91 Å². The van der Waals surface area contributed by atoms with E-state index in [1.807, 2.05) is 62.4 Å². The zero-order valence-corrected chi connectivity index (χ0v) is 23.1. The molecule has 1 heterocycles. The van der Waals surface area contributed by atoms with Crippen molar-refractivity contribution in [1.29, 1.82) is 0 Å². The highest BCUT2D eigenvalue weighted by molar-refractivity contribution is 7.89. The number of amides is 1. The van der Waals surface area contributed by atoms with E-state index < -0.39 is 26.6 Å². The van der Waals surface area contributed by atoms with Crippen LogP contribution in [0.25, 0.3) is 0 Å². The molecule has 1 aliphatic rings. The van der Waals surface area contributed by atoms with E-state index >= 15 is 0 Å². The number of nitrogens with one attached hydrogen (secondary N) is 1. The first-order valence-corrected chi connectivity index (χ1v) is 14.4. The molecule has 1 fully saturated rings. The Labute approximate surface area is 233 Å². The predicted molar refractivity (Wildman–Crippen MR) is 154 cm³/mol. The molecule has 206 valence electrons. The maximum atomic E-state index is 14.9. The van der Waals surface area contributed by atoms with E-state index in [9.17, 15) is 17.6 Å². The van der Waals surface area contributed by atoms with Crippen molar-refractivity contribution < 1.29 is 22.3 Å². The lowest BCUT2D eigenvalue weighted by Gasteiger charge is -2.40. The van der Waals surface area contributed by atoms with E-state index in [-0.39, 0.29) is 24.7 Å². The smallest absolute Gasteiger partial charge is 0.255 e. The molecular formula is C31H30FN3O4S. The summed E-state index contributed by atoms with van der Waals surface area (Å²) >= 11 is 0. The normalized spacial score (nSPS) is 16.0. The van der Waals surface area contributed by atoms with E-state index in [2.05, 4.69) is 16.3 Å². The summed E-state index contributed by atoms with van der Waals surface area (Å²) in [4.78, 5) is 14.6. The average Bonchev–Trinajstić information content (AvgIpc) is 2.94. The number of hydrogen-bond acceptors (Lipinski definition) is 5. The minimum atomic E-state index is -4.17. The van der Waals surface area contributed by atoms with Crippen LogP contribution < -0.4 is 15.0 Å². The standard InChI is InChI=1S/C31H30FN3O4S/c1-22-7-6-8-26(19-22)35-18-17-34(21-23(35)2)40(37,38)30-20-24(11-16-29(30)32)31(36)33-25-12-14-28(15-13-25)39-27-9-4-3-5-10-27/h3-16,19-20,23H,17-18,21H2,1-2H3,(H,33,36). The van der Waals surface area contributed by atoms with Gasteiger partial charge in [0.05, 0.1) is 0 Å². The molecule has 9 heteroatoms. The lowest BCUT2D eigenvalue weighted by atomic mass is 10.1. The molecule has 1 saturated heterocycles. The van der Waals surface area contributed by atoms with Gasteiger partial charge in [-0.15, -0.1) is 0 Å². The van der Waals surface area contributed by atoms with Gasteiger partial charge in [-0.2, -0.15) is 4.31 Å². The van der Waals surface area contributed by atoms with Gasteiger partial charge in [0.15, 0.2) is 0 Å². The molecule has 0 aliphatic carbocycles. The Morgan fingerprint density at radius 2 is 1.62 bits per heavy atom. The number of carbonyl (C=O) groups excluding carboxylic acids is 1. The van der Waals surface area contributed by atoms with E-state index in [0.29, 0.717) is 23.7 Å². The van der Waals surface area contributed by atoms with Gasteiger partial charge in [0, 0.05) is 42.6 Å². The largest absolute Gasteiger partial charge is 0.457 e. The third-order valence-corrected chi connectivity index (χ3v) is 8.71. The summed E-state index contributed by atoms with van der Waals surface area (Å²) < 4.78 is 48.9. The number of hydrogen-bond donors (Lipinski definition) is 1. The number of nitrogens with zero attached hydrogens (tertiary/aromatic N) is 2. The zero-order valence-electron chi connectivity index (χ0n) is 22.2. The molecule has 1 unspecified atom stereocenters. The van der Waals surface area contributed by atoms with Crippen molar-refractivity contribution in [2.45, 2.75) is 24.8 Å². The minimum Gasteiger partial charge on any atom is -0.457 e. The first-order chi connectivity index (χ1) is 19.2. The van der Waals surface area contributed by atoms with Crippen molar-refractivity contribution in [3.63, 3.8) is 0 Å². The number of anilines is 2. The van der Waals surface area contributed by atoms with Gasteiger partial charge in [-0.05, 0) is 86.1 Å². The molecule has 0 bridgehead atoms. The molecule has 4 aromatic carbocycles. The molecule has 1 aliphatic heterocycles. The summed E-state index contributed by atoms with van der Waals surface area (Å²) in [6, 6.07) is 27.4. The summed E-state index contributed by atoms with van der Waals surface area (Å²) in [5.41, 5.74) is 2.67. The van der Waals surface area contributed by atoms with E-state index in [0.717, 1.165) is 23.4 Å². The third-order valence-electron chi connectivity index (χ3n) is 6.83. The van der Waals surface area contributed by atoms with Gasteiger partial charge in [-0.3, -0.25) is 4.79 Å². The van der Waals surface area contributed by atoms with Gasteiger partial charge in [0.2, 0.25) is 10.0 Å². The van der Waals surface area contributed by atoms with Gasteiger partial charge >= 0.3 is 0 Å². The Hall–Kier alpha value is -4.21. The van der Waals surface area contributed by atoms with Crippen LogP contribution in [0.3, 0.4) is 0 Å². The van der Waals surface area contributed by atoms with Crippen LogP contribution in [0.15, 0.2) is 102 Å². The number of piperazine rings is 1. The van der Waals surface area contributed by atoms with Crippen molar-refractivity contribution in [3.05, 3.63) is 114 Å². The minimum absolute atomic E-state index is 0.0380. The van der Waals surface area contributed by atoms with Crippen LogP contribution in [0.1, 0.15) is 22.8 Å². The van der Waals surface area contributed by atoms with Gasteiger partial charge in [-0.25, -0.2) is 12.8 Å². The fourth-order valence-corrected chi connectivity index (χ4v) is 6.35. The molecule has 4 aromatic rings. The van der Waals surface area contributed by atoms with Crippen LogP contribution in [-0.4, -0.2) is 44.3 Å². The summed E-state index contributed by atoms with van der Waals surface area (Å²) in [6.45, 7) is 4.82. The second kappa shape index (κ2) is 11.5. The Morgan fingerprint density at radius 3 is 2.33 bits per heavy atom. The number of aryl methyl sites for hydroxylation is 1. The second-order valence-corrected chi connectivity index (χ2v) is 11.7. The van der Waals surface area contributed by atoms with Gasteiger partial charge in [0.1, 0.15) is 22.2 Å². The van der Waals surface area contributed by atoms with Crippen molar-refractivity contribution in [2.24, 2.45) is 0 Å². The molecule has 0 saturated carbocycles. The molecule has 5 rings (SSSR count). The highest BCUT2D eigenvalue weighted by Crippen LogP contribution is 2.28. The maximum Gasteiger partial charge on any atom is 0.255 e. The molecule has 1 atom stereocenters. The Bertz CT molecular complexity index is 1610. The molecular weight excluding hydrogens is 529 g/mol. The Morgan fingerprint density at radius 1 is 0.900 bits per heavy atom. The van der Waals surface area contributed by atoms with Crippen molar-refractivity contribution in [1.82, 2.24) is 4.31 Å². The number of ether oxygens (including phenoxy) is 1. The van der Waals surface area contributed by atoms with Crippen LogP contribution in [-0.2, 0) is 10.0 Å². The van der Waals surface area contributed by atoms with Crippen molar-refractivity contribution in [2.75, 3.05) is 29.9 Å². The predicted octanol–water partition coefficient (Wildman–Crippen LogP) is 6.08. The summed E-state index contributed by atoms with van der Waals surface area (Å²) in [5, 5.41) is 2.73. The molecule has 1 amide bonds. The average molecular weight is 560 g/mol. The summed E-state index contributed by atoms with van der Waals surface area (Å²) in [7, 11) is -4.17. The Kier molecular flexibility index (Phi) is 7.86. The van der Waals surface area contributed by atoms with Crippen LogP contribution in [0.4, 0.5) is 15.8 Å². The molecule has 0 radical (unpaired) electrons. The van der Waals surface area contributed by atoms with E-state index in [1.165, 1.54) is 10.4 Å². The molecule has 0 aromatic heterocycles. The lowest BCUT2D eigenvalue weighted by molar-refractivity contribution is 0.102. The number of rotatable bonds is 7. The fourth-order valence-electron chi connectivity index (χ4n) is 4.75. The number of carbonyl (C=O) groups is 1. The topological polar surface area (TPSA) is 79.0 Å². The molecule has 1 N–H and O–H groups in total. The quantitative estimate of drug-likeness (QED) is 0.297. The lowest BCUT2D eigenvalue weighted by Crippen LogP contribution is -2.53. The molecule has 0 spiro atoms. The van der Waals surface area contributed by atoms with E-state index in [1.54, 1.807) is 24.3 Å². The summed E-state index contributed by atoms with van der Waals surface area (Å²) in [6.07, 6.45) is 0. The van der Waals surface area contributed by atoms with Crippen LogP contribution >= 0.6 is 0 Å². The van der Waals surface area contributed by atoms with Gasteiger partial charge in [-0.1, -0.05) is 30.3 Å². The monoisotopic (exact) mass is 559 g/mol. The summed E-state index contributed by atoms with van der Waals surface area (Å²) in [5.74, 6) is -0.167.